The Morgan fingerprint density at radius 2 is 1.79 bits per heavy atom. The van der Waals surface area contributed by atoms with E-state index in [1.165, 1.54) is 4.57 Å². The van der Waals surface area contributed by atoms with Crippen molar-refractivity contribution < 1.29 is 18.7 Å². The van der Waals surface area contributed by atoms with Gasteiger partial charge in [-0.25, -0.2) is 9.59 Å². The number of ether oxygens (including phenoxy) is 2. The Balaban J connectivity index is 1.69. The third kappa shape index (κ3) is 3.48. The van der Waals surface area contributed by atoms with E-state index in [0.29, 0.717) is 29.2 Å². The molecule has 0 aliphatic carbocycles. The van der Waals surface area contributed by atoms with Gasteiger partial charge in [-0.3, -0.25) is 4.57 Å². The molecule has 6 heteroatoms. The number of benzene rings is 2. The molecule has 0 bridgehead atoms. The van der Waals surface area contributed by atoms with E-state index in [2.05, 4.69) is 0 Å². The normalized spacial score (nSPS) is 10.7. The van der Waals surface area contributed by atoms with Gasteiger partial charge in [0.15, 0.2) is 5.58 Å². The number of esters is 1. The molecular weight excluding hydrogens is 310 g/mol. The predicted molar refractivity (Wildman–Crippen MR) is 88.3 cm³/mol. The van der Waals surface area contributed by atoms with Gasteiger partial charge in [0.2, 0.25) is 0 Å². The lowest BCUT2D eigenvalue weighted by Gasteiger charge is -2.07. The quantitative estimate of drug-likeness (QED) is 0.514. The highest BCUT2D eigenvalue weighted by molar-refractivity contribution is 5.77. The van der Waals surface area contributed by atoms with E-state index in [-0.39, 0.29) is 6.54 Å². The second kappa shape index (κ2) is 7.04. The lowest BCUT2D eigenvalue weighted by molar-refractivity contribution is -0.135. The summed E-state index contributed by atoms with van der Waals surface area (Å²) in [5.74, 6) is -0.0271. The number of carbonyl (C=O) groups excluding carboxylic acids is 1. The lowest BCUT2D eigenvalue weighted by atomic mass is 10.3. The molecule has 124 valence electrons. The van der Waals surface area contributed by atoms with E-state index in [0.717, 1.165) is 6.42 Å². The van der Waals surface area contributed by atoms with Gasteiger partial charge in [0.05, 0.1) is 12.1 Å². The highest BCUT2D eigenvalue weighted by Crippen LogP contribution is 2.18. The molecule has 1 aromatic heterocycles. The van der Waals surface area contributed by atoms with Crippen molar-refractivity contribution in [2.75, 3.05) is 6.61 Å². The maximum atomic E-state index is 12.1. The fourth-order valence-corrected chi connectivity index (χ4v) is 2.28. The molecule has 0 fully saturated rings. The van der Waals surface area contributed by atoms with Crippen LogP contribution in [0.25, 0.3) is 11.1 Å². The van der Waals surface area contributed by atoms with Crippen LogP contribution >= 0.6 is 0 Å². The van der Waals surface area contributed by atoms with E-state index < -0.39 is 11.7 Å². The van der Waals surface area contributed by atoms with Crippen LogP contribution in [0.1, 0.15) is 13.3 Å². The van der Waals surface area contributed by atoms with Crippen LogP contribution in [0.2, 0.25) is 0 Å². The average Bonchev–Trinajstić information content (AvgIpc) is 2.90. The molecule has 6 nitrogen and oxygen atoms in total. The molecule has 0 aliphatic rings. The predicted octanol–water partition coefficient (Wildman–Crippen LogP) is 2.99. The zero-order chi connectivity index (χ0) is 16.9. The summed E-state index contributed by atoms with van der Waals surface area (Å²) in [5, 5.41) is 0. The molecule has 0 saturated carbocycles. The topological polar surface area (TPSA) is 70.7 Å². The number of rotatable bonds is 6. The van der Waals surface area contributed by atoms with Crippen molar-refractivity contribution in [3.05, 3.63) is 59.1 Å². The molecule has 24 heavy (non-hydrogen) atoms. The van der Waals surface area contributed by atoms with Gasteiger partial charge in [0.1, 0.15) is 18.0 Å². The summed E-state index contributed by atoms with van der Waals surface area (Å²) in [6, 6.07) is 13.7. The summed E-state index contributed by atoms with van der Waals surface area (Å²) < 4.78 is 17.1. The third-order valence-corrected chi connectivity index (χ3v) is 3.39. The number of carbonyl (C=O) groups is 1. The first-order chi connectivity index (χ1) is 11.7. The number of para-hydroxylation sites is 2. The Labute approximate surface area is 138 Å². The molecule has 0 saturated heterocycles. The summed E-state index contributed by atoms with van der Waals surface area (Å²) in [4.78, 5) is 23.9. The molecule has 0 aliphatic heterocycles. The van der Waals surface area contributed by atoms with Crippen LogP contribution in [-0.4, -0.2) is 17.1 Å². The molecule has 1 heterocycles. The van der Waals surface area contributed by atoms with Crippen LogP contribution in [0.5, 0.6) is 11.5 Å². The average molecular weight is 327 g/mol. The number of hydrogen-bond donors (Lipinski definition) is 0. The van der Waals surface area contributed by atoms with E-state index >= 15 is 0 Å². The lowest BCUT2D eigenvalue weighted by Crippen LogP contribution is -2.23. The third-order valence-electron chi connectivity index (χ3n) is 3.39. The monoisotopic (exact) mass is 327 g/mol. The van der Waals surface area contributed by atoms with Crippen molar-refractivity contribution >= 4 is 17.1 Å². The van der Waals surface area contributed by atoms with E-state index in [1.54, 1.807) is 48.5 Å². The summed E-state index contributed by atoms with van der Waals surface area (Å²) in [6.45, 7) is 2.44. The second-order valence-electron chi connectivity index (χ2n) is 5.22. The van der Waals surface area contributed by atoms with Crippen molar-refractivity contribution in [3.8, 4) is 11.5 Å². The largest absolute Gasteiger partial charge is 0.494 e. The minimum Gasteiger partial charge on any atom is -0.494 e. The summed E-state index contributed by atoms with van der Waals surface area (Å²) in [6.07, 6.45) is 0.921. The van der Waals surface area contributed by atoms with Gasteiger partial charge in [-0.2, -0.15) is 0 Å². The SMILES string of the molecule is CCCOc1ccc(OC(=O)Cn2c(=O)oc3ccccc32)cc1. The van der Waals surface area contributed by atoms with Crippen LogP contribution in [-0.2, 0) is 11.3 Å². The van der Waals surface area contributed by atoms with E-state index in [1.807, 2.05) is 6.92 Å². The molecule has 0 radical (unpaired) electrons. The fraction of sp³-hybridized carbons (Fsp3) is 0.222. The summed E-state index contributed by atoms with van der Waals surface area (Å²) >= 11 is 0. The summed E-state index contributed by atoms with van der Waals surface area (Å²) in [5.41, 5.74) is 0.996. The molecule has 0 unspecified atom stereocenters. The standard InChI is InChI=1S/C18H17NO5/c1-2-11-22-13-7-9-14(10-8-13)23-17(20)12-19-15-5-3-4-6-16(15)24-18(19)21/h3-10H,2,11-12H2,1H3. The van der Waals surface area contributed by atoms with E-state index in [9.17, 15) is 9.59 Å². The van der Waals surface area contributed by atoms with E-state index in [4.69, 9.17) is 13.9 Å². The van der Waals surface area contributed by atoms with Gasteiger partial charge in [0.25, 0.3) is 0 Å². The first-order valence-corrected chi connectivity index (χ1v) is 7.69. The molecule has 2 aromatic carbocycles. The first kappa shape index (κ1) is 15.9. The van der Waals surface area contributed by atoms with Crippen LogP contribution < -0.4 is 15.2 Å². The van der Waals surface area contributed by atoms with Gasteiger partial charge >= 0.3 is 11.7 Å². The van der Waals surface area contributed by atoms with Gasteiger partial charge in [-0.15, -0.1) is 0 Å². The molecule has 0 amide bonds. The molecule has 3 rings (SSSR count). The van der Waals surface area contributed by atoms with Crippen molar-refractivity contribution in [1.82, 2.24) is 4.57 Å². The van der Waals surface area contributed by atoms with Crippen molar-refractivity contribution in [1.29, 1.82) is 0 Å². The minimum absolute atomic E-state index is 0.218. The van der Waals surface area contributed by atoms with Crippen LogP contribution in [0.15, 0.2) is 57.7 Å². The maximum Gasteiger partial charge on any atom is 0.420 e. The molecule has 3 aromatic rings. The summed E-state index contributed by atoms with van der Waals surface area (Å²) in [7, 11) is 0. The van der Waals surface area contributed by atoms with Gasteiger partial charge in [0, 0.05) is 0 Å². The Morgan fingerprint density at radius 1 is 1.08 bits per heavy atom. The molecule has 0 spiro atoms. The van der Waals surface area contributed by atoms with Crippen molar-refractivity contribution in [2.45, 2.75) is 19.9 Å². The van der Waals surface area contributed by atoms with Crippen LogP contribution in [0, 0.1) is 0 Å². The number of nitrogens with zero attached hydrogens (tertiary/aromatic N) is 1. The number of aromatic nitrogens is 1. The van der Waals surface area contributed by atoms with Crippen molar-refractivity contribution in [3.63, 3.8) is 0 Å². The zero-order valence-corrected chi connectivity index (χ0v) is 13.2. The maximum absolute atomic E-state index is 12.1. The smallest absolute Gasteiger partial charge is 0.420 e. The Bertz CT molecular complexity index is 892. The fourth-order valence-electron chi connectivity index (χ4n) is 2.28. The minimum atomic E-state index is -0.587. The Kier molecular flexibility index (Phi) is 4.65. The number of oxazole rings is 1. The first-order valence-electron chi connectivity index (χ1n) is 7.69. The molecule has 0 atom stereocenters. The second-order valence-corrected chi connectivity index (χ2v) is 5.22. The Morgan fingerprint density at radius 3 is 2.54 bits per heavy atom. The highest BCUT2D eigenvalue weighted by atomic mass is 16.5. The highest BCUT2D eigenvalue weighted by Gasteiger charge is 2.13. The van der Waals surface area contributed by atoms with Gasteiger partial charge in [-0.1, -0.05) is 19.1 Å². The molecule has 0 N–H and O–H groups in total. The van der Waals surface area contributed by atoms with Gasteiger partial charge < -0.3 is 13.9 Å². The number of fused-ring (bicyclic) bond motifs is 1. The zero-order valence-electron chi connectivity index (χ0n) is 13.2. The number of hydrogen-bond acceptors (Lipinski definition) is 5. The molecular formula is C18H17NO5. The van der Waals surface area contributed by atoms with Crippen LogP contribution in [0.3, 0.4) is 0 Å². The van der Waals surface area contributed by atoms with Crippen molar-refractivity contribution in [2.24, 2.45) is 0 Å². The Hall–Kier alpha value is -3.02. The van der Waals surface area contributed by atoms with Crippen LogP contribution in [0.4, 0.5) is 0 Å². The van der Waals surface area contributed by atoms with Gasteiger partial charge in [-0.05, 0) is 42.8 Å².